The van der Waals surface area contributed by atoms with Gasteiger partial charge in [-0.15, -0.1) is 0 Å². The van der Waals surface area contributed by atoms with E-state index in [1.54, 1.807) is 48.5 Å². The summed E-state index contributed by atoms with van der Waals surface area (Å²) in [7, 11) is 1.28. The molecule has 1 spiro atoms. The van der Waals surface area contributed by atoms with Gasteiger partial charge < -0.3 is 14.7 Å². The molecule has 1 fully saturated rings. The molecule has 0 aliphatic carbocycles. The van der Waals surface area contributed by atoms with Crippen molar-refractivity contribution in [3.63, 3.8) is 0 Å². The van der Waals surface area contributed by atoms with Gasteiger partial charge in [0, 0.05) is 36.3 Å². The molecule has 3 amide bonds. The predicted octanol–water partition coefficient (Wildman–Crippen LogP) is 5.95. The van der Waals surface area contributed by atoms with E-state index in [1.165, 1.54) is 36.2 Å². The Kier molecular flexibility index (Phi) is 8.26. The first-order valence-electron chi connectivity index (χ1n) is 13.4. The Bertz CT molecular complexity index is 1520. The van der Waals surface area contributed by atoms with Crippen LogP contribution in [0.25, 0.3) is 0 Å². The SMILES string of the molecule is CN(C(=O)O)c1ccc(C(N[C@@H](Cc2ccccc2)C(=O)N2CC[C@@]3(C2)OC(=O)Nc2ccc(Cl)cc23)C(F)(F)F)cc1. The van der Waals surface area contributed by atoms with Crippen LogP contribution in [-0.4, -0.2) is 60.5 Å². The zero-order chi connectivity index (χ0) is 30.9. The van der Waals surface area contributed by atoms with E-state index in [4.69, 9.17) is 16.3 Å². The highest BCUT2D eigenvalue weighted by atomic mass is 35.5. The number of fused-ring (bicyclic) bond motifs is 2. The minimum atomic E-state index is -4.79. The second-order valence-corrected chi connectivity index (χ2v) is 11.0. The number of halogens is 4. The van der Waals surface area contributed by atoms with Crippen LogP contribution in [0.2, 0.25) is 5.02 Å². The van der Waals surface area contributed by atoms with Gasteiger partial charge >= 0.3 is 18.4 Å². The maximum Gasteiger partial charge on any atom is 0.412 e. The van der Waals surface area contributed by atoms with E-state index >= 15 is 0 Å². The molecule has 0 bridgehead atoms. The van der Waals surface area contributed by atoms with Gasteiger partial charge in [0.1, 0.15) is 6.04 Å². The lowest BCUT2D eigenvalue weighted by Gasteiger charge is -2.36. The monoisotopic (exact) mass is 616 g/mol. The topological polar surface area (TPSA) is 111 Å². The summed E-state index contributed by atoms with van der Waals surface area (Å²) < 4.78 is 49.2. The minimum Gasteiger partial charge on any atom is -0.465 e. The van der Waals surface area contributed by atoms with Crippen LogP contribution in [0.3, 0.4) is 0 Å². The van der Waals surface area contributed by atoms with Crippen molar-refractivity contribution in [1.82, 2.24) is 10.2 Å². The van der Waals surface area contributed by atoms with Crippen molar-refractivity contribution in [2.75, 3.05) is 30.4 Å². The molecule has 3 aromatic carbocycles. The van der Waals surface area contributed by atoms with Crippen molar-refractivity contribution in [2.45, 2.75) is 36.7 Å². The molecule has 3 aromatic rings. The first kappa shape index (κ1) is 30.2. The quantitative estimate of drug-likeness (QED) is 0.303. The lowest BCUT2D eigenvalue weighted by molar-refractivity contribution is -0.162. The first-order valence-corrected chi connectivity index (χ1v) is 13.8. The van der Waals surface area contributed by atoms with Gasteiger partial charge in [-0.1, -0.05) is 54.1 Å². The molecule has 3 atom stereocenters. The van der Waals surface area contributed by atoms with E-state index in [0.717, 1.165) is 4.90 Å². The molecule has 43 heavy (non-hydrogen) atoms. The van der Waals surface area contributed by atoms with Gasteiger partial charge in [0.25, 0.3) is 0 Å². The Balaban J connectivity index is 1.45. The van der Waals surface area contributed by atoms with Crippen molar-refractivity contribution >= 4 is 41.1 Å². The Morgan fingerprint density at radius 2 is 1.84 bits per heavy atom. The molecule has 2 aliphatic heterocycles. The maximum absolute atomic E-state index is 14.5. The summed E-state index contributed by atoms with van der Waals surface area (Å²) in [5, 5.41) is 14.8. The number of carbonyl (C=O) groups is 3. The summed E-state index contributed by atoms with van der Waals surface area (Å²) in [6.45, 7) is 0.0738. The fourth-order valence-corrected chi connectivity index (χ4v) is 5.69. The maximum atomic E-state index is 14.5. The second-order valence-electron chi connectivity index (χ2n) is 10.5. The average molecular weight is 617 g/mol. The van der Waals surface area contributed by atoms with E-state index in [-0.39, 0.29) is 37.2 Å². The third-order valence-corrected chi connectivity index (χ3v) is 7.95. The van der Waals surface area contributed by atoms with E-state index in [0.29, 0.717) is 21.8 Å². The predicted molar refractivity (Wildman–Crippen MR) is 153 cm³/mol. The molecule has 226 valence electrons. The van der Waals surface area contributed by atoms with Gasteiger partial charge in [-0.05, 0) is 47.9 Å². The number of rotatable bonds is 7. The van der Waals surface area contributed by atoms with Crippen LogP contribution in [-0.2, 0) is 21.6 Å². The highest BCUT2D eigenvalue weighted by Gasteiger charge is 2.50. The number of alkyl halides is 3. The number of nitrogens with zero attached hydrogens (tertiary/aromatic N) is 2. The van der Waals surface area contributed by atoms with Crippen molar-refractivity contribution in [3.05, 3.63) is 94.5 Å². The third kappa shape index (κ3) is 6.40. The van der Waals surface area contributed by atoms with Gasteiger partial charge in [-0.3, -0.25) is 20.3 Å². The average Bonchev–Trinajstić information content (AvgIpc) is 3.39. The number of amides is 3. The molecule has 3 N–H and O–H groups in total. The van der Waals surface area contributed by atoms with Crippen molar-refractivity contribution in [3.8, 4) is 0 Å². The number of ether oxygens (including phenoxy) is 1. The molecule has 0 saturated carbocycles. The van der Waals surface area contributed by atoms with Crippen molar-refractivity contribution < 1.29 is 37.4 Å². The van der Waals surface area contributed by atoms with Crippen molar-refractivity contribution in [1.29, 1.82) is 0 Å². The molecule has 0 aromatic heterocycles. The number of hydrogen-bond acceptors (Lipinski definition) is 5. The molecular weight excluding hydrogens is 589 g/mol. The highest BCUT2D eigenvalue weighted by Crippen LogP contribution is 2.44. The summed E-state index contributed by atoms with van der Waals surface area (Å²) in [6, 6.07) is 14.9. The van der Waals surface area contributed by atoms with Gasteiger partial charge in [-0.2, -0.15) is 13.2 Å². The number of benzene rings is 3. The van der Waals surface area contributed by atoms with E-state index in [1.807, 2.05) is 0 Å². The number of carboxylic acid groups (broad SMARTS) is 1. The summed E-state index contributed by atoms with van der Waals surface area (Å²) >= 11 is 6.22. The van der Waals surface area contributed by atoms with E-state index in [9.17, 15) is 32.7 Å². The Morgan fingerprint density at radius 1 is 1.14 bits per heavy atom. The van der Waals surface area contributed by atoms with Crippen LogP contribution in [0.15, 0.2) is 72.8 Å². The van der Waals surface area contributed by atoms with Crippen LogP contribution in [0.1, 0.15) is 29.2 Å². The van der Waals surface area contributed by atoms with Crippen LogP contribution in [0.5, 0.6) is 0 Å². The standard InChI is InChI=1S/C30H28ClF3N4O5/c1-37(28(41)42)21-10-7-19(8-11-21)25(30(32,33)34)35-24(15-18-5-3-2-4-6-18)26(39)38-14-13-29(17-38)22-16-20(31)9-12-23(22)36-27(40)43-29/h2-12,16,24-25,35H,13-15,17H2,1H3,(H,36,40)(H,41,42)/t24-,25?,29-/m0/s1. The Morgan fingerprint density at radius 3 is 2.49 bits per heavy atom. The number of likely N-dealkylation sites (tertiary alicyclic amines) is 1. The molecule has 1 unspecified atom stereocenters. The van der Waals surface area contributed by atoms with Crippen LogP contribution < -0.4 is 15.5 Å². The van der Waals surface area contributed by atoms with Crippen LogP contribution in [0.4, 0.5) is 34.1 Å². The largest absolute Gasteiger partial charge is 0.465 e. The summed E-state index contributed by atoms with van der Waals surface area (Å²) in [6.07, 6.45) is -6.56. The van der Waals surface area contributed by atoms with Gasteiger partial charge in [0.05, 0.1) is 18.3 Å². The Hall–Kier alpha value is -4.29. The molecule has 5 rings (SSSR count). The minimum absolute atomic E-state index is 0.0423. The van der Waals surface area contributed by atoms with Crippen molar-refractivity contribution in [2.24, 2.45) is 0 Å². The molecule has 2 aliphatic rings. The molecule has 0 radical (unpaired) electrons. The second kappa shape index (κ2) is 11.8. The fourth-order valence-electron chi connectivity index (χ4n) is 5.51. The van der Waals surface area contributed by atoms with Gasteiger partial charge in [0.15, 0.2) is 5.60 Å². The number of hydrogen-bond donors (Lipinski definition) is 3. The normalized spacial score (nSPS) is 19.3. The molecule has 13 heteroatoms. The third-order valence-electron chi connectivity index (χ3n) is 7.72. The van der Waals surface area contributed by atoms with Crippen LogP contribution >= 0.6 is 11.6 Å². The molecule has 1 saturated heterocycles. The lowest BCUT2D eigenvalue weighted by Crippen LogP contribution is -2.52. The van der Waals surface area contributed by atoms with E-state index < -0.39 is 42.0 Å². The number of nitrogens with one attached hydrogen (secondary N) is 2. The summed E-state index contributed by atoms with van der Waals surface area (Å²) in [4.78, 5) is 39.9. The highest BCUT2D eigenvalue weighted by molar-refractivity contribution is 6.30. The van der Waals surface area contributed by atoms with Crippen LogP contribution in [0, 0.1) is 0 Å². The van der Waals surface area contributed by atoms with Gasteiger partial charge in [0.2, 0.25) is 5.91 Å². The zero-order valence-electron chi connectivity index (χ0n) is 22.9. The van der Waals surface area contributed by atoms with E-state index in [2.05, 4.69) is 10.6 Å². The molecular formula is C30H28ClF3N4O5. The smallest absolute Gasteiger partial charge is 0.412 e. The number of anilines is 2. The zero-order valence-corrected chi connectivity index (χ0v) is 23.7. The summed E-state index contributed by atoms with van der Waals surface area (Å²) in [5.74, 6) is -0.588. The number of carbonyl (C=O) groups excluding carboxylic acids is 2. The molecule has 9 nitrogen and oxygen atoms in total. The summed E-state index contributed by atoms with van der Waals surface area (Å²) in [5.41, 5.74) is 0.519. The van der Waals surface area contributed by atoms with Gasteiger partial charge in [-0.25, -0.2) is 9.59 Å². The first-order chi connectivity index (χ1) is 20.4. The molecule has 2 heterocycles. The fraction of sp³-hybridized carbons (Fsp3) is 0.300. The lowest BCUT2D eigenvalue weighted by atomic mass is 9.90. The Labute approximate surface area is 250 Å².